The first-order valence-corrected chi connectivity index (χ1v) is 17.4. The molecule has 0 fully saturated rings. The summed E-state index contributed by atoms with van der Waals surface area (Å²) in [6.45, 7) is 4.11. The quantitative estimate of drug-likeness (QED) is 0.150. The Morgan fingerprint density at radius 1 is 0.939 bits per heavy atom. The number of thioether (sulfide) groups is 1. The van der Waals surface area contributed by atoms with Crippen LogP contribution in [0.15, 0.2) is 88.4 Å². The van der Waals surface area contributed by atoms with Crippen molar-refractivity contribution in [3.8, 4) is 22.9 Å². The molecule has 0 saturated heterocycles. The molecule has 0 bridgehead atoms. The number of benzene rings is 3. The van der Waals surface area contributed by atoms with E-state index >= 15 is 0 Å². The molecule has 2 aromatic heterocycles. The molecule has 11 nitrogen and oxygen atoms in total. The number of aryl methyl sites for hydroxylation is 2. The lowest BCUT2D eigenvalue weighted by atomic mass is 9.99. The zero-order valence-corrected chi connectivity index (χ0v) is 29.4. The van der Waals surface area contributed by atoms with Gasteiger partial charge in [-0.1, -0.05) is 54.2 Å². The maximum absolute atomic E-state index is 14.1. The van der Waals surface area contributed by atoms with Gasteiger partial charge in [0.05, 0.1) is 61.5 Å². The molecule has 1 aliphatic heterocycles. The van der Waals surface area contributed by atoms with Crippen LogP contribution >= 0.6 is 23.1 Å². The maximum Gasteiger partial charge on any atom is 0.255 e. The summed E-state index contributed by atoms with van der Waals surface area (Å²) in [5.74, 6) is 1.68. The van der Waals surface area contributed by atoms with Gasteiger partial charge < -0.3 is 19.5 Å². The summed E-state index contributed by atoms with van der Waals surface area (Å²) in [6.07, 6.45) is 0.523. The number of amides is 2. The molecule has 0 spiro atoms. The lowest BCUT2D eigenvalue weighted by Crippen LogP contribution is -2.29. The highest BCUT2D eigenvalue weighted by atomic mass is 32.2. The summed E-state index contributed by atoms with van der Waals surface area (Å²) in [6, 6.07) is 22.4. The minimum absolute atomic E-state index is 0.0422. The molecule has 1 aliphatic rings. The second-order valence-electron chi connectivity index (χ2n) is 11.3. The van der Waals surface area contributed by atoms with Crippen LogP contribution in [0.2, 0.25) is 0 Å². The van der Waals surface area contributed by atoms with Crippen molar-refractivity contribution in [1.82, 2.24) is 25.1 Å². The normalized spacial score (nSPS) is 14.0. The molecule has 3 heterocycles. The van der Waals surface area contributed by atoms with Crippen molar-refractivity contribution >= 4 is 40.6 Å². The van der Waals surface area contributed by atoms with Crippen LogP contribution < -0.4 is 19.5 Å². The maximum atomic E-state index is 14.1. The molecule has 2 amide bonds. The standard InChI is InChI=1S/C36H36N6O5S2/c1-22-15-16-23(2)27(18-22)41-32(20-37-35(44)25-10-6-7-12-29(25)45-3)38-39-36(41)49-21-33(43)42-28(19-26(40-42)31-14-9-17-48-31)24-11-8-13-30(46-4)34(24)47-5/h6-18,28H,19-21H2,1-5H3,(H,37,44)/t28-/m1/s1. The largest absolute Gasteiger partial charge is 0.496 e. The van der Waals surface area contributed by atoms with E-state index in [1.807, 2.05) is 78.4 Å². The second kappa shape index (κ2) is 15.0. The summed E-state index contributed by atoms with van der Waals surface area (Å²) in [7, 11) is 4.71. The second-order valence-corrected chi connectivity index (χ2v) is 13.2. The number of methoxy groups -OCH3 is 3. The van der Waals surface area contributed by atoms with Crippen LogP contribution in [0, 0.1) is 13.8 Å². The van der Waals surface area contributed by atoms with Crippen molar-refractivity contribution in [2.24, 2.45) is 5.10 Å². The monoisotopic (exact) mass is 696 g/mol. The molecule has 3 aromatic carbocycles. The third-order valence-electron chi connectivity index (χ3n) is 8.15. The smallest absolute Gasteiger partial charge is 0.255 e. The fourth-order valence-corrected chi connectivity index (χ4v) is 7.28. The van der Waals surface area contributed by atoms with Crippen molar-refractivity contribution < 1.29 is 23.8 Å². The van der Waals surface area contributed by atoms with Crippen molar-refractivity contribution in [1.29, 1.82) is 0 Å². The Morgan fingerprint density at radius 3 is 2.49 bits per heavy atom. The summed E-state index contributed by atoms with van der Waals surface area (Å²) in [4.78, 5) is 28.2. The lowest BCUT2D eigenvalue weighted by Gasteiger charge is -2.24. The summed E-state index contributed by atoms with van der Waals surface area (Å²) < 4.78 is 18.6. The minimum Gasteiger partial charge on any atom is -0.496 e. The number of hydrazone groups is 1. The van der Waals surface area contributed by atoms with Gasteiger partial charge in [0.25, 0.3) is 11.8 Å². The number of nitrogens with zero attached hydrogens (tertiary/aromatic N) is 5. The van der Waals surface area contributed by atoms with Gasteiger partial charge in [0.2, 0.25) is 0 Å². The van der Waals surface area contributed by atoms with E-state index < -0.39 is 6.04 Å². The number of ether oxygens (including phenoxy) is 3. The zero-order chi connectivity index (χ0) is 34.5. The molecule has 6 rings (SSSR count). The number of para-hydroxylation sites is 2. The molecule has 49 heavy (non-hydrogen) atoms. The van der Waals surface area contributed by atoms with Gasteiger partial charge in [-0.15, -0.1) is 21.5 Å². The van der Waals surface area contributed by atoms with Gasteiger partial charge in [-0.25, -0.2) is 5.01 Å². The number of carbonyl (C=O) groups excluding carboxylic acids is 2. The van der Waals surface area contributed by atoms with E-state index in [0.717, 1.165) is 33.0 Å². The van der Waals surface area contributed by atoms with E-state index in [0.29, 0.717) is 40.2 Å². The predicted molar refractivity (Wildman–Crippen MR) is 190 cm³/mol. The van der Waals surface area contributed by atoms with Crippen LogP contribution in [0.5, 0.6) is 17.2 Å². The van der Waals surface area contributed by atoms with Crippen LogP contribution in [0.1, 0.15) is 50.2 Å². The Kier molecular flexibility index (Phi) is 10.3. The molecule has 5 aromatic rings. The Labute approximate surface area is 292 Å². The fourth-order valence-electron chi connectivity index (χ4n) is 5.74. The Hall–Kier alpha value is -5.14. The number of aromatic nitrogens is 3. The highest BCUT2D eigenvalue weighted by molar-refractivity contribution is 7.99. The molecular weight excluding hydrogens is 661 g/mol. The van der Waals surface area contributed by atoms with Gasteiger partial charge in [-0.3, -0.25) is 14.2 Å². The summed E-state index contributed by atoms with van der Waals surface area (Å²) in [5, 5.41) is 20.8. The van der Waals surface area contributed by atoms with E-state index in [1.54, 1.807) is 48.8 Å². The minimum atomic E-state index is -0.395. The number of nitrogens with one attached hydrogen (secondary N) is 1. The van der Waals surface area contributed by atoms with E-state index in [9.17, 15) is 9.59 Å². The first kappa shape index (κ1) is 33.7. The zero-order valence-electron chi connectivity index (χ0n) is 27.8. The predicted octanol–water partition coefficient (Wildman–Crippen LogP) is 6.37. The van der Waals surface area contributed by atoms with Crippen LogP contribution in [-0.2, 0) is 11.3 Å². The van der Waals surface area contributed by atoms with Crippen molar-refractivity contribution in [3.63, 3.8) is 0 Å². The van der Waals surface area contributed by atoms with Gasteiger partial charge in [0.1, 0.15) is 5.75 Å². The average Bonchev–Trinajstić information content (AvgIpc) is 3.90. The van der Waals surface area contributed by atoms with Gasteiger partial charge in [-0.05, 0) is 60.7 Å². The van der Waals surface area contributed by atoms with Gasteiger partial charge >= 0.3 is 0 Å². The topological polar surface area (TPSA) is 120 Å². The van der Waals surface area contributed by atoms with E-state index in [2.05, 4.69) is 15.5 Å². The third-order valence-corrected chi connectivity index (χ3v) is 9.99. The van der Waals surface area contributed by atoms with Crippen molar-refractivity contribution in [3.05, 3.63) is 111 Å². The molecule has 0 saturated carbocycles. The molecule has 252 valence electrons. The molecule has 13 heteroatoms. The Bertz CT molecular complexity index is 2010. The molecule has 0 unspecified atom stereocenters. The summed E-state index contributed by atoms with van der Waals surface area (Å²) in [5.41, 5.74) is 4.95. The number of carbonyl (C=O) groups is 2. The first-order chi connectivity index (χ1) is 23.8. The van der Waals surface area contributed by atoms with E-state index in [1.165, 1.54) is 18.9 Å². The Morgan fingerprint density at radius 2 is 1.73 bits per heavy atom. The molecule has 1 N–H and O–H groups in total. The highest BCUT2D eigenvalue weighted by Gasteiger charge is 2.36. The molecular formula is C36H36N6O5S2. The van der Waals surface area contributed by atoms with Crippen molar-refractivity contribution in [2.75, 3.05) is 27.1 Å². The number of hydrogen-bond donors (Lipinski definition) is 1. The molecule has 0 radical (unpaired) electrons. The molecule has 0 aliphatic carbocycles. The van der Waals surface area contributed by atoms with Crippen LogP contribution in [0.4, 0.5) is 0 Å². The van der Waals surface area contributed by atoms with Gasteiger partial charge in [0.15, 0.2) is 22.5 Å². The number of hydrogen-bond acceptors (Lipinski definition) is 10. The number of thiophene rings is 1. The van der Waals surface area contributed by atoms with Gasteiger partial charge in [0, 0.05) is 12.0 Å². The third kappa shape index (κ3) is 7.03. The van der Waals surface area contributed by atoms with Crippen LogP contribution in [0.25, 0.3) is 5.69 Å². The molecule has 1 atom stereocenters. The SMILES string of the molecule is COc1ccccc1C(=O)NCc1nnc(SCC(=O)N2N=C(c3cccs3)C[C@@H]2c2cccc(OC)c2OC)n1-c1cc(C)ccc1C. The highest BCUT2D eigenvalue weighted by Crippen LogP contribution is 2.42. The van der Waals surface area contributed by atoms with Gasteiger partial charge in [-0.2, -0.15) is 5.10 Å². The average molecular weight is 697 g/mol. The number of rotatable bonds is 12. The fraction of sp³-hybridized carbons (Fsp3) is 0.250. The first-order valence-electron chi connectivity index (χ1n) is 15.5. The Balaban J connectivity index is 1.29. The van der Waals surface area contributed by atoms with Crippen molar-refractivity contribution in [2.45, 2.75) is 38.0 Å². The van der Waals surface area contributed by atoms with E-state index in [4.69, 9.17) is 19.3 Å². The lowest BCUT2D eigenvalue weighted by molar-refractivity contribution is -0.130. The van der Waals surface area contributed by atoms with Crippen LogP contribution in [0.3, 0.4) is 0 Å². The van der Waals surface area contributed by atoms with E-state index in [-0.39, 0.29) is 24.1 Å². The summed E-state index contributed by atoms with van der Waals surface area (Å²) >= 11 is 2.85. The van der Waals surface area contributed by atoms with Crippen LogP contribution in [-0.4, -0.2) is 64.4 Å².